The molecule has 0 heterocycles. The maximum absolute atomic E-state index is 11.9. The third-order valence-electron chi connectivity index (χ3n) is 2.63. The maximum atomic E-state index is 11.9. The average molecular weight is 264 g/mol. The molecule has 1 unspecified atom stereocenters. The highest BCUT2D eigenvalue weighted by Gasteiger charge is 2.17. The zero-order valence-electron chi connectivity index (χ0n) is 11.8. The molecule has 0 fully saturated rings. The molecule has 0 spiro atoms. The number of nitrogens with one attached hydrogen (secondary N) is 1. The van der Waals surface area contributed by atoms with Gasteiger partial charge < -0.3 is 15.0 Å². The Morgan fingerprint density at radius 2 is 1.84 bits per heavy atom. The minimum absolute atomic E-state index is 0.286. The predicted octanol–water partition coefficient (Wildman–Crippen LogP) is 1.43. The summed E-state index contributed by atoms with van der Waals surface area (Å²) < 4.78 is 4.83. The van der Waals surface area contributed by atoms with Crippen LogP contribution in [-0.2, 0) is 9.53 Å². The van der Waals surface area contributed by atoms with Crippen molar-refractivity contribution in [2.24, 2.45) is 0 Å². The molecule has 0 saturated heterocycles. The summed E-state index contributed by atoms with van der Waals surface area (Å²) >= 11 is 0. The molecule has 0 aromatic heterocycles. The van der Waals surface area contributed by atoms with Crippen molar-refractivity contribution in [2.75, 3.05) is 25.6 Å². The largest absolute Gasteiger partial charge is 0.464 e. The van der Waals surface area contributed by atoms with E-state index >= 15 is 0 Å². The number of carbonyl (C=O) groups is 2. The second kappa shape index (κ2) is 6.78. The molecular weight excluding hydrogens is 244 g/mol. The van der Waals surface area contributed by atoms with Crippen molar-refractivity contribution in [3.05, 3.63) is 29.8 Å². The smallest absolute Gasteiger partial charge is 0.328 e. The molecule has 104 valence electrons. The SMILES string of the molecule is CCOC(=O)C(C)NC(=O)c1ccc(N(C)C)cc1. The van der Waals surface area contributed by atoms with Crippen molar-refractivity contribution < 1.29 is 14.3 Å². The number of nitrogens with zero attached hydrogens (tertiary/aromatic N) is 1. The van der Waals surface area contributed by atoms with Crippen LogP contribution in [0, 0.1) is 0 Å². The Labute approximate surface area is 113 Å². The van der Waals surface area contributed by atoms with E-state index in [1.54, 1.807) is 26.0 Å². The van der Waals surface area contributed by atoms with Gasteiger partial charge in [0.1, 0.15) is 6.04 Å². The number of hydrogen-bond donors (Lipinski definition) is 1. The fourth-order valence-corrected chi connectivity index (χ4v) is 1.52. The summed E-state index contributed by atoms with van der Waals surface area (Å²) in [6, 6.07) is 6.50. The van der Waals surface area contributed by atoms with E-state index in [1.807, 2.05) is 31.1 Å². The van der Waals surface area contributed by atoms with Gasteiger partial charge in [0.25, 0.3) is 5.91 Å². The van der Waals surface area contributed by atoms with Crippen LogP contribution in [0.5, 0.6) is 0 Å². The van der Waals surface area contributed by atoms with Gasteiger partial charge in [-0.2, -0.15) is 0 Å². The fourth-order valence-electron chi connectivity index (χ4n) is 1.52. The van der Waals surface area contributed by atoms with Crippen molar-refractivity contribution in [3.8, 4) is 0 Å². The van der Waals surface area contributed by atoms with Crippen LogP contribution >= 0.6 is 0 Å². The highest BCUT2D eigenvalue weighted by molar-refractivity contribution is 5.96. The van der Waals surface area contributed by atoms with Crippen LogP contribution in [0.15, 0.2) is 24.3 Å². The van der Waals surface area contributed by atoms with Crippen LogP contribution in [0.1, 0.15) is 24.2 Å². The topological polar surface area (TPSA) is 58.6 Å². The van der Waals surface area contributed by atoms with Crippen molar-refractivity contribution in [3.63, 3.8) is 0 Å². The Kier molecular flexibility index (Phi) is 5.36. The fraction of sp³-hybridized carbons (Fsp3) is 0.429. The van der Waals surface area contributed by atoms with E-state index in [-0.39, 0.29) is 5.91 Å². The first kappa shape index (κ1) is 15.0. The number of hydrogen-bond acceptors (Lipinski definition) is 4. The molecule has 1 aromatic rings. The molecule has 0 aliphatic carbocycles. The summed E-state index contributed by atoms with van der Waals surface area (Å²) in [5.74, 6) is -0.716. The summed E-state index contributed by atoms with van der Waals surface area (Å²) in [5.41, 5.74) is 1.52. The van der Waals surface area contributed by atoms with Crippen LogP contribution in [0.2, 0.25) is 0 Å². The molecule has 1 atom stereocenters. The minimum atomic E-state index is -0.652. The molecule has 1 amide bonds. The standard InChI is InChI=1S/C14H20N2O3/c1-5-19-14(18)10(2)15-13(17)11-6-8-12(9-7-11)16(3)4/h6-10H,5H2,1-4H3,(H,15,17). The normalized spacial score (nSPS) is 11.6. The van der Waals surface area contributed by atoms with Gasteiger partial charge in [-0.3, -0.25) is 4.79 Å². The number of benzene rings is 1. The molecule has 0 aliphatic rings. The van der Waals surface area contributed by atoms with Crippen LogP contribution in [-0.4, -0.2) is 38.6 Å². The van der Waals surface area contributed by atoms with E-state index in [9.17, 15) is 9.59 Å². The van der Waals surface area contributed by atoms with E-state index in [0.29, 0.717) is 12.2 Å². The Morgan fingerprint density at radius 1 is 1.26 bits per heavy atom. The summed E-state index contributed by atoms with van der Waals surface area (Å²) in [6.07, 6.45) is 0. The molecule has 5 heteroatoms. The predicted molar refractivity (Wildman–Crippen MR) is 74.3 cm³/mol. The van der Waals surface area contributed by atoms with Gasteiger partial charge in [0.2, 0.25) is 0 Å². The molecule has 1 N–H and O–H groups in total. The Morgan fingerprint density at radius 3 is 2.32 bits per heavy atom. The van der Waals surface area contributed by atoms with Crippen LogP contribution in [0.4, 0.5) is 5.69 Å². The molecule has 1 rings (SSSR count). The number of anilines is 1. The Balaban J connectivity index is 2.65. The second-order valence-electron chi connectivity index (χ2n) is 4.39. The third-order valence-corrected chi connectivity index (χ3v) is 2.63. The van der Waals surface area contributed by atoms with Crippen LogP contribution < -0.4 is 10.2 Å². The Bertz CT molecular complexity index is 441. The van der Waals surface area contributed by atoms with Crippen LogP contribution in [0.3, 0.4) is 0 Å². The van der Waals surface area contributed by atoms with Crippen molar-refractivity contribution in [1.82, 2.24) is 5.32 Å². The first-order valence-corrected chi connectivity index (χ1v) is 6.20. The molecule has 0 radical (unpaired) electrons. The van der Waals surface area contributed by atoms with E-state index in [0.717, 1.165) is 5.69 Å². The first-order chi connectivity index (χ1) is 8.95. The van der Waals surface area contributed by atoms with Gasteiger partial charge >= 0.3 is 5.97 Å². The lowest BCUT2D eigenvalue weighted by atomic mass is 10.1. The maximum Gasteiger partial charge on any atom is 0.328 e. The van der Waals surface area contributed by atoms with Gasteiger partial charge in [-0.05, 0) is 38.1 Å². The second-order valence-corrected chi connectivity index (χ2v) is 4.39. The van der Waals surface area contributed by atoms with Gasteiger partial charge in [0, 0.05) is 25.3 Å². The minimum Gasteiger partial charge on any atom is -0.464 e. The molecule has 5 nitrogen and oxygen atoms in total. The van der Waals surface area contributed by atoms with E-state index in [1.165, 1.54) is 0 Å². The van der Waals surface area contributed by atoms with Crippen molar-refractivity contribution in [2.45, 2.75) is 19.9 Å². The molecule has 0 aliphatic heterocycles. The van der Waals surface area contributed by atoms with E-state index in [2.05, 4.69) is 5.32 Å². The number of rotatable bonds is 5. The third kappa shape index (κ3) is 4.28. The lowest BCUT2D eigenvalue weighted by Crippen LogP contribution is -2.39. The van der Waals surface area contributed by atoms with Crippen molar-refractivity contribution in [1.29, 1.82) is 0 Å². The van der Waals surface area contributed by atoms with E-state index < -0.39 is 12.0 Å². The van der Waals surface area contributed by atoms with Gasteiger partial charge in [-0.15, -0.1) is 0 Å². The summed E-state index contributed by atoms with van der Waals surface area (Å²) in [4.78, 5) is 25.3. The van der Waals surface area contributed by atoms with Gasteiger partial charge in [-0.1, -0.05) is 0 Å². The molecule has 0 saturated carbocycles. The van der Waals surface area contributed by atoms with Crippen LogP contribution in [0.25, 0.3) is 0 Å². The quantitative estimate of drug-likeness (QED) is 0.817. The lowest BCUT2D eigenvalue weighted by Gasteiger charge is -2.14. The van der Waals surface area contributed by atoms with Gasteiger partial charge in [0.15, 0.2) is 0 Å². The number of esters is 1. The summed E-state index contributed by atoms with van der Waals surface area (Å²) in [6.45, 7) is 3.63. The van der Waals surface area contributed by atoms with Gasteiger partial charge in [-0.25, -0.2) is 4.79 Å². The highest BCUT2D eigenvalue weighted by atomic mass is 16.5. The van der Waals surface area contributed by atoms with Crippen molar-refractivity contribution >= 4 is 17.6 Å². The average Bonchev–Trinajstić information content (AvgIpc) is 2.38. The van der Waals surface area contributed by atoms with Gasteiger partial charge in [0.05, 0.1) is 6.61 Å². The lowest BCUT2D eigenvalue weighted by molar-refractivity contribution is -0.144. The Hall–Kier alpha value is -2.04. The first-order valence-electron chi connectivity index (χ1n) is 6.20. The highest BCUT2D eigenvalue weighted by Crippen LogP contribution is 2.12. The molecular formula is C14H20N2O3. The number of ether oxygens (including phenoxy) is 1. The zero-order valence-corrected chi connectivity index (χ0v) is 11.8. The monoisotopic (exact) mass is 264 g/mol. The summed E-state index contributed by atoms with van der Waals surface area (Å²) in [5, 5.41) is 2.60. The number of amides is 1. The molecule has 1 aromatic carbocycles. The van der Waals surface area contributed by atoms with E-state index in [4.69, 9.17) is 4.74 Å². The molecule has 19 heavy (non-hydrogen) atoms. The number of carbonyl (C=O) groups excluding carboxylic acids is 2. The zero-order chi connectivity index (χ0) is 14.4. The summed E-state index contributed by atoms with van der Waals surface area (Å²) in [7, 11) is 3.86. The molecule has 0 bridgehead atoms.